The number of benzene rings is 2. The molecule has 0 aromatic heterocycles. The normalized spacial score (nSPS) is 30.2. The second kappa shape index (κ2) is 9.63. The van der Waals surface area contributed by atoms with E-state index in [4.69, 9.17) is 0 Å². The van der Waals surface area contributed by atoms with Crippen LogP contribution in [0, 0.1) is 35.5 Å². The van der Waals surface area contributed by atoms with Crippen molar-refractivity contribution in [2.24, 2.45) is 35.5 Å². The van der Waals surface area contributed by atoms with Crippen LogP contribution in [0.4, 0.5) is 0 Å². The highest BCUT2D eigenvalue weighted by Gasteiger charge is 2.68. The van der Waals surface area contributed by atoms with E-state index in [0.29, 0.717) is 5.56 Å². The lowest BCUT2D eigenvalue weighted by Gasteiger charge is -2.52. The van der Waals surface area contributed by atoms with Crippen LogP contribution >= 0.6 is 0 Å². The predicted molar refractivity (Wildman–Crippen MR) is 143 cm³/mol. The van der Waals surface area contributed by atoms with E-state index in [-0.39, 0.29) is 30.1 Å². The predicted octanol–water partition coefficient (Wildman–Crippen LogP) is 3.93. The Morgan fingerprint density at radius 1 is 1.08 bits per heavy atom. The van der Waals surface area contributed by atoms with E-state index in [1.807, 2.05) is 18.2 Å². The van der Waals surface area contributed by atoms with E-state index in [9.17, 15) is 34.2 Å². The maximum Gasteiger partial charge on any atom is 0.190 e. The van der Waals surface area contributed by atoms with Crippen molar-refractivity contribution in [1.29, 1.82) is 0 Å². The van der Waals surface area contributed by atoms with E-state index in [2.05, 4.69) is 13.0 Å². The minimum atomic E-state index is -2.60. The van der Waals surface area contributed by atoms with Crippen LogP contribution in [0.3, 0.4) is 0 Å². The summed E-state index contributed by atoms with van der Waals surface area (Å²) in [5, 5.41) is 22.5. The number of carbonyl (C=O) groups excluding carboxylic acids is 5. The van der Waals surface area contributed by atoms with Gasteiger partial charge in [-0.2, -0.15) is 0 Å². The summed E-state index contributed by atoms with van der Waals surface area (Å²) >= 11 is 0. The van der Waals surface area contributed by atoms with Crippen LogP contribution in [-0.4, -0.2) is 44.7 Å². The Labute approximate surface area is 227 Å². The highest BCUT2D eigenvalue weighted by atomic mass is 16.3. The molecule has 204 valence electrons. The molecule has 3 aliphatic carbocycles. The van der Waals surface area contributed by atoms with Crippen LogP contribution in [0.1, 0.15) is 62.0 Å². The molecule has 0 amide bonds. The fourth-order valence-corrected chi connectivity index (χ4v) is 7.42. The Morgan fingerprint density at radius 2 is 1.79 bits per heavy atom. The number of hydrogen-bond acceptors (Lipinski definition) is 7. The van der Waals surface area contributed by atoms with Gasteiger partial charge in [0.1, 0.15) is 17.5 Å². The molecule has 0 aliphatic heterocycles. The van der Waals surface area contributed by atoms with Gasteiger partial charge in [0.05, 0.1) is 11.5 Å². The number of aromatic hydroxyl groups is 1. The zero-order chi connectivity index (χ0) is 28.4. The van der Waals surface area contributed by atoms with Crippen molar-refractivity contribution in [2.45, 2.75) is 59.0 Å². The molecule has 3 aliphatic rings. The first kappa shape index (κ1) is 27.1. The molecule has 2 N–H and O–H groups in total. The molecule has 7 nitrogen and oxygen atoms in total. The third-order valence-corrected chi connectivity index (χ3v) is 9.09. The average Bonchev–Trinajstić information content (AvgIpc) is 2.86. The standard InChI is InChI=1S/C32H34O7/c1-5-7-17-8-6-9-18(12-17)20-10-11-23(34)27-21(20)13-19-14-22-24(15(2)3)28(35)25(16(4)33)30(37)32(22,39)31(38)26(19)29(27)36/h6,8-12,15,19,22,24-26,34,39H,5,7,13-14H2,1-4H3. The number of fused-ring (bicyclic) bond motifs is 3. The lowest BCUT2D eigenvalue weighted by Crippen LogP contribution is -2.70. The largest absolute Gasteiger partial charge is 0.507 e. The van der Waals surface area contributed by atoms with E-state index < -0.39 is 64.1 Å². The molecule has 7 heteroatoms. The summed E-state index contributed by atoms with van der Waals surface area (Å²) in [6.45, 7) is 6.74. The summed E-state index contributed by atoms with van der Waals surface area (Å²) in [5.41, 5.74) is 0.893. The van der Waals surface area contributed by atoms with Gasteiger partial charge in [0, 0.05) is 11.8 Å². The Hall–Kier alpha value is -3.45. The number of rotatable bonds is 5. The molecule has 0 radical (unpaired) electrons. The van der Waals surface area contributed by atoms with E-state index >= 15 is 0 Å². The highest BCUT2D eigenvalue weighted by molar-refractivity contribution is 6.32. The maximum absolute atomic E-state index is 14.0. The molecule has 6 unspecified atom stereocenters. The number of hydrogen-bond donors (Lipinski definition) is 2. The second-order valence-electron chi connectivity index (χ2n) is 11.8. The summed E-state index contributed by atoms with van der Waals surface area (Å²) in [6.07, 6.45) is 2.25. The molecular weight excluding hydrogens is 496 g/mol. The van der Waals surface area contributed by atoms with Gasteiger partial charge in [-0.15, -0.1) is 0 Å². The van der Waals surface area contributed by atoms with Gasteiger partial charge in [-0.05, 0) is 66.3 Å². The lowest BCUT2D eigenvalue weighted by molar-refractivity contribution is -0.182. The van der Waals surface area contributed by atoms with Crippen molar-refractivity contribution in [1.82, 2.24) is 0 Å². The number of phenols is 1. The van der Waals surface area contributed by atoms with Crippen molar-refractivity contribution in [3.05, 3.63) is 53.1 Å². The first-order chi connectivity index (χ1) is 18.4. The number of Topliss-reactive ketones (excluding diaryl/α,β-unsaturated/α-hetero) is 5. The molecule has 2 aromatic carbocycles. The lowest BCUT2D eigenvalue weighted by atomic mass is 9.49. The quantitative estimate of drug-likeness (QED) is 0.561. The third kappa shape index (κ3) is 3.93. The minimum Gasteiger partial charge on any atom is -0.507 e. The van der Waals surface area contributed by atoms with Crippen molar-refractivity contribution in [2.75, 3.05) is 0 Å². The van der Waals surface area contributed by atoms with Gasteiger partial charge in [0.15, 0.2) is 28.7 Å². The average molecular weight is 531 g/mol. The van der Waals surface area contributed by atoms with Gasteiger partial charge in [0.2, 0.25) is 0 Å². The Morgan fingerprint density at radius 3 is 2.44 bits per heavy atom. The molecule has 2 aromatic rings. The molecule has 39 heavy (non-hydrogen) atoms. The van der Waals surface area contributed by atoms with E-state index in [0.717, 1.165) is 36.5 Å². The van der Waals surface area contributed by atoms with Gasteiger partial charge in [-0.25, -0.2) is 0 Å². The van der Waals surface area contributed by atoms with E-state index in [1.165, 1.54) is 6.07 Å². The van der Waals surface area contributed by atoms with Gasteiger partial charge in [-0.3, -0.25) is 24.0 Å². The molecule has 2 saturated carbocycles. The zero-order valence-electron chi connectivity index (χ0n) is 22.7. The highest BCUT2D eigenvalue weighted by Crippen LogP contribution is 2.53. The SMILES string of the molecule is CCCc1cccc(-c2ccc(O)c3c2CC2CC4C(C(C)C)C(=O)C(C(C)=O)C(=O)C4(O)C(=O)C2C3=O)c1. The third-order valence-electron chi connectivity index (χ3n) is 9.09. The fraction of sp³-hybridized carbons (Fsp3) is 0.469. The van der Waals surface area contributed by atoms with Gasteiger partial charge in [-0.1, -0.05) is 57.5 Å². The molecule has 0 bridgehead atoms. The van der Waals surface area contributed by atoms with Crippen molar-refractivity contribution < 1.29 is 34.2 Å². The van der Waals surface area contributed by atoms with Crippen molar-refractivity contribution in [3.8, 4) is 16.9 Å². The molecule has 0 saturated heterocycles. The van der Waals surface area contributed by atoms with Crippen molar-refractivity contribution in [3.63, 3.8) is 0 Å². The number of ketones is 5. The van der Waals surface area contributed by atoms with Crippen LogP contribution in [0.5, 0.6) is 5.75 Å². The Bertz CT molecular complexity index is 1420. The zero-order valence-corrected chi connectivity index (χ0v) is 22.7. The molecule has 6 atom stereocenters. The number of carbonyl (C=O) groups is 5. The molecule has 5 rings (SSSR count). The first-order valence-corrected chi connectivity index (χ1v) is 13.8. The Balaban J connectivity index is 1.64. The monoisotopic (exact) mass is 530 g/mol. The van der Waals surface area contributed by atoms with Crippen LogP contribution in [0.15, 0.2) is 36.4 Å². The number of aliphatic hydroxyl groups is 1. The van der Waals surface area contributed by atoms with Crippen molar-refractivity contribution >= 4 is 28.9 Å². The fourth-order valence-electron chi connectivity index (χ4n) is 7.42. The molecular formula is C32H34O7. The van der Waals surface area contributed by atoms with Gasteiger partial charge < -0.3 is 10.2 Å². The molecule has 0 heterocycles. The Kier molecular flexibility index (Phi) is 6.70. The smallest absolute Gasteiger partial charge is 0.190 e. The van der Waals surface area contributed by atoms with Gasteiger partial charge in [0.25, 0.3) is 0 Å². The first-order valence-electron chi connectivity index (χ1n) is 13.8. The molecule has 2 fully saturated rings. The van der Waals surface area contributed by atoms with E-state index in [1.54, 1.807) is 19.9 Å². The molecule has 0 spiro atoms. The summed E-state index contributed by atoms with van der Waals surface area (Å²) in [7, 11) is 0. The topological polar surface area (TPSA) is 126 Å². The number of phenolic OH excluding ortho intramolecular Hbond substituents is 1. The van der Waals surface area contributed by atoms with Gasteiger partial charge >= 0.3 is 0 Å². The second-order valence-corrected chi connectivity index (χ2v) is 11.8. The summed E-state index contributed by atoms with van der Waals surface area (Å²) in [6, 6.07) is 11.2. The summed E-state index contributed by atoms with van der Waals surface area (Å²) in [5.74, 6) is -10.1. The summed E-state index contributed by atoms with van der Waals surface area (Å²) in [4.78, 5) is 67.0. The van der Waals surface area contributed by atoms with Crippen LogP contribution in [-0.2, 0) is 32.0 Å². The van der Waals surface area contributed by atoms with Crippen LogP contribution in [0.25, 0.3) is 11.1 Å². The minimum absolute atomic E-state index is 0.0351. The van der Waals surface area contributed by atoms with Crippen LogP contribution in [0.2, 0.25) is 0 Å². The number of aryl methyl sites for hydroxylation is 1. The summed E-state index contributed by atoms with van der Waals surface area (Å²) < 4.78 is 0. The van der Waals surface area contributed by atoms with Crippen LogP contribution < -0.4 is 0 Å². The maximum atomic E-state index is 14.0.